The Morgan fingerprint density at radius 1 is 1.23 bits per heavy atom. The van der Waals surface area contributed by atoms with Crippen LogP contribution in [0.5, 0.6) is 11.5 Å². The van der Waals surface area contributed by atoms with Crippen molar-refractivity contribution in [3.8, 4) is 11.5 Å². The molecule has 0 radical (unpaired) electrons. The molecule has 6 nitrogen and oxygen atoms in total. The second-order valence-electron chi connectivity index (χ2n) is 10.2. The maximum absolute atomic E-state index is 11.8. The Morgan fingerprint density at radius 2 is 2.00 bits per heavy atom. The highest BCUT2D eigenvalue weighted by Gasteiger charge is 2.59. The first kappa shape index (κ1) is 19.6. The lowest BCUT2D eigenvalue weighted by atomic mass is 9.56. The lowest BCUT2D eigenvalue weighted by Gasteiger charge is -2.58. The number of benzene rings is 1. The van der Waals surface area contributed by atoms with Crippen LogP contribution in [0.3, 0.4) is 0 Å². The first-order valence-electron chi connectivity index (χ1n) is 10.6. The van der Waals surface area contributed by atoms with Crippen LogP contribution in [0, 0.1) is 11.8 Å². The van der Waals surface area contributed by atoms with E-state index in [0.29, 0.717) is 11.5 Å². The Labute approximate surface area is 175 Å². The summed E-state index contributed by atoms with van der Waals surface area (Å²) in [6.07, 6.45) is 5.92. The number of ether oxygens (including phenoxy) is 2. The summed E-state index contributed by atoms with van der Waals surface area (Å²) < 4.78 is 18.6. The number of fused-ring (bicyclic) bond motifs is 3. The maximum atomic E-state index is 11.8. The van der Waals surface area contributed by atoms with E-state index < -0.39 is 16.8 Å². The van der Waals surface area contributed by atoms with Crippen LogP contribution < -0.4 is 15.1 Å². The smallest absolute Gasteiger partial charge is 0.336 e. The van der Waals surface area contributed by atoms with Crippen LogP contribution in [0.2, 0.25) is 0 Å². The van der Waals surface area contributed by atoms with Crippen molar-refractivity contribution < 1.29 is 24.0 Å². The highest BCUT2D eigenvalue weighted by molar-refractivity contribution is 5.88. The Hall–Kier alpha value is -2.31. The SMILES string of the molecule is CC(C)(/C=C/[C@@H]1[C@@H]2c3c4cc5oc(=O)ccc5c3O[C@@]1(C)CC[C@H]2C(C)(C)O4)OO. The zero-order valence-electron chi connectivity index (χ0n) is 18.0. The van der Waals surface area contributed by atoms with Crippen molar-refractivity contribution in [2.45, 2.75) is 70.2 Å². The van der Waals surface area contributed by atoms with E-state index >= 15 is 0 Å². The van der Waals surface area contributed by atoms with Crippen molar-refractivity contribution in [2.75, 3.05) is 0 Å². The third-order valence-corrected chi connectivity index (χ3v) is 7.23. The van der Waals surface area contributed by atoms with Gasteiger partial charge in [0.05, 0.1) is 5.39 Å². The molecule has 5 rings (SSSR count). The van der Waals surface area contributed by atoms with Gasteiger partial charge in [0.2, 0.25) is 0 Å². The summed E-state index contributed by atoms with van der Waals surface area (Å²) in [7, 11) is 0. The molecule has 160 valence electrons. The summed E-state index contributed by atoms with van der Waals surface area (Å²) in [5.41, 5.74) is -0.439. The van der Waals surface area contributed by atoms with Gasteiger partial charge in [-0.3, -0.25) is 5.26 Å². The third kappa shape index (κ3) is 2.73. The van der Waals surface area contributed by atoms with Crippen LogP contribution in [-0.4, -0.2) is 22.1 Å². The van der Waals surface area contributed by atoms with E-state index in [-0.39, 0.29) is 17.4 Å². The number of hydrogen-bond acceptors (Lipinski definition) is 6. The molecular formula is C24H28O6. The molecule has 30 heavy (non-hydrogen) atoms. The monoisotopic (exact) mass is 412 g/mol. The molecule has 1 aromatic heterocycles. The van der Waals surface area contributed by atoms with E-state index in [4.69, 9.17) is 13.9 Å². The molecule has 1 aliphatic carbocycles. The van der Waals surface area contributed by atoms with Crippen LogP contribution in [0.4, 0.5) is 0 Å². The van der Waals surface area contributed by atoms with E-state index in [1.165, 1.54) is 6.07 Å². The maximum Gasteiger partial charge on any atom is 0.336 e. The van der Waals surface area contributed by atoms with Gasteiger partial charge in [-0.2, -0.15) is 0 Å². The average molecular weight is 412 g/mol. The molecule has 1 aromatic carbocycles. The van der Waals surface area contributed by atoms with E-state index in [2.05, 4.69) is 31.7 Å². The van der Waals surface area contributed by atoms with Crippen LogP contribution in [0.15, 0.2) is 39.6 Å². The molecule has 0 saturated heterocycles. The molecule has 1 saturated carbocycles. The highest BCUT2D eigenvalue weighted by atomic mass is 17.1. The lowest BCUT2D eigenvalue weighted by molar-refractivity contribution is -0.297. The summed E-state index contributed by atoms with van der Waals surface area (Å²) in [4.78, 5) is 16.5. The van der Waals surface area contributed by atoms with Crippen molar-refractivity contribution in [1.29, 1.82) is 0 Å². The third-order valence-electron chi connectivity index (χ3n) is 7.23. The van der Waals surface area contributed by atoms with Gasteiger partial charge in [-0.25, -0.2) is 9.68 Å². The molecule has 1 N–H and O–H groups in total. The Bertz CT molecular complexity index is 1110. The average Bonchev–Trinajstić information content (AvgIpc) is 2.65. The van der Waals surface area contributed by atoms with Crippen LogP contribution in [-0.2, 0) is 4.89 Å². The minimum absolute atomic E-state index is 0.0910. The Morgan fingerprint density at radius 3 is 2.73 bits per heavy atom. The molecular weight excluding hydrogens is 384 g/mol. The predicted molar refractivity (Wildman–Crippen MR) is 112 cm³/mol. The summed E-state index contributed by atoms with van der Waals surface area (Å²) in [5, 5.41) is 10.0. The summed E-state index contributed by atoms with van der Waals surface area (Å²) in [6.45, 7) is 10.0. The van der Waals surface area contributed by atoms with E-state index in [9.17, 15) is 10.1 Å². The molecule has 6 heteroatoms. The fourth-order valence-corrected chi connectivity index (χ4v) is 5.67. The minimum Gasteiger partial charge on any atom is -0.487 e. The highest BCUT2D eigenvalue weighted by Crippen LogP contribution is 2.64. The molecule has 0 unspecified atom stereocenters. The largest absolute Gasteiger partial charge is 0.487 e. The zero-order valence-corrected chi connectivity index (χ0v) is 18.0. The quantitative estimate of drug-likeness (QED) is 0.329. The molecule has 3 aliphatic rings. The van der Waals surface area contributed by atoms with Gasteiger partial charge in [-0.1, -0.05) is 12.2 Å². The molecule has 2 bridgehead atoms. The molecule has 0 spiro atoms. The molecule has 3 heterocycles. The van der Waals surface area contributed by atoms with E-state index in [0.717, 1.165) is 35.3 Å². The van der Waals surface area contributed by atoms with Gasteiger partial charge in [0, 0.05) is 35.4 Å². The van der Waals surface area contributed by atoms with Gasteiger partial charge < -0.3 is 13.9 Å². The molecule has 1 fully saturated rings. The van der Waals surface area contributed by atoms with Crippen LogP contribution in [0.1, 0.15) is 58.9 Å². The van der Waals surface area contributed by atoms with Crippen molar-refractivity contribution in [3.63, 3.8) is 0 Å². The van der Waals surface area contributed by atoms with Crippen molar-refractivity contribution in [1.82, 2.24) is 0 Å². The molecule has 2 aromatic rings. The molecule has 2 aliphatic heterocycles. The van der Waals surface area contributed by atoms with E-state index in [1.54, 1.807) is 6.07 Å². The number of rotatable bonds is 3. The first-order chi connectivity index (χ1) is 14.0. The topological polar surface area (TPSA) is 78.1 Å². The van der Waals surface area contributed by atoms with Crippen LogP contribution in [0.25, 0.3) is 11.0 Å². The standard InChI is InChI=1S/C24H28O6/c1-22(2,30-26)10-8-15-19-14-9-11-24(15,5)29-21-13-6-7-18(25)27-16(13)12-17(20(19)21)28-23(14,3)4/h6-8,10,12,14-15,19,26H,9,11H2,1-5H3/b10-8+/t14-,15-,19-,24+/m1/s1. The van der Waals surface area contributed by atoms with Gasteiger partial charge in [-0.05, 0) is 53.5 Å². The Kier molecular flexibility index (Phi) is 4.00. The lowest BCUT2D eigenvalue weighted by Crippen LogP contribution is -2.58. The van der Waals surface area contributed by atoms with Crippen LogP contribution >= 0.6 is 0 Å². The fraction of sp³-hybridized carbons (Fsp3) is 0.542. The van der Waals surface area contributed by atoms with Crippen molar-refractivity contribution in [3.05, 3.63) is 46.3 Å². The number of hydrogen-bond donors (Lipinski definition) is 1. The second-order valence-corrected chi connectivity index (χ2v) is 10.2. The normalized spacial score (nSPS) is 31.5. The minimum atomic E-state index is -0.786. The first-order valence-corrected chi connectivity index (χ1v) is 10.6. The molecule has 4 atom stereocenters. The summed E-state index contributed by atoms with van der Waals surface area (Å²) in [6, 6.07) is 5.05. The summed E-state index contributed by atoms with van der Waals surface area (Å²) >= 11 is 0. The van der Waals surface area contributed by atoms with Crippen molar-refractivity contribution in [2.24, 2.45) is 11.8 Å². The van der Waals surface area contributed by atoms with E-state index in [1.807, 2.05) is 26.0 Å². The zero-order chi connectivity index (χ0) is 21.5. The molecule has 0 amide bonds. The van der Waals surface area contributed by atoms with Gasteiger partial charge in [0.1, 0.15) is 33.9 Å². The fourth-order valence-electron chi connectivity index (χ4n) is 5.67. The van der Waals surface area contributed by atoms with Gasteiger partial charge in [0.15, 0.2) is 0 Å². The van der Waals surface area contributed by atoms with Gasteiger partial charge in [0.25, 0.3) is 0 Å². The van der Waals surface area contributed by atoms with Gasteiger partial charge >= 0.3 is 5.63 Å². The summed E-state index contributed by atoms with van der Waals surface area (Å²) in [5.74, 6) is 2.07. The second kappa shape index (κ2) is 6.11. The predicted octanol–water partition coefficient (Wildman–Crippen LogP) is 5.05. The Balaban J connectivity index is 1.77. The van der Waals surface area contributed by atoms with Gasteiger partial charge in [-0.15, -0.1) is 0 Å². The van der Waals surface area contributed by atoms with Crippen molar-refractivity contribution >= 4 is 11.0 Å².